The van der Waals surface area contributed by atoms with Crippen molar-refractivity contribution in [3.8, 4) is 5.75 Å². The third-order valence-electron chi connectivity index (χ3n) is 3.89. The third-order valence-corrected chi connectivity index (χ3v) is 3.89. The molecule has 0 aliphatic heterocycles. The van der Waals surface area contributed by atoms with Gasteiger partial charge in [0, 0.05) is 25.8 Å². The normalized spacial score (nSPS) is 19.4. The van der Waals surface area contributed by atoms with Gasteiger partial charge in [0.15, 0.2) is 6.61 Å². The van der Waals surface area contributed by atoms with E-state index in [4.69, 9.17) is 9.84 Å². The summed E-state index contributed by atoms with van der Waals surface area (Å²) < 4.78 is 5.37. The lowest BCUT2D eigenvalue weighted by molar-refractivity contribution is -0.151. The second kappa shape index (κ2) is 7.13. The molecule has 1 saturated carbocycles. The molecule has 1 aliphatic rings. The average Bonchev–Trinajstić information content (AvgIpc) is 2.43. The van der Waals surface area contributed by atoms with Gasteiger partial charge in [-0.15, -0.1) is 0 Å². The first kappa shape index (κ1) is 16.8. The van der Waals surface area contributed by atoms with Crippen molar-refractivity contribution in [2.75, 3.05) is 26.0 Å². The molecule has 124 valence electrons. The molecule has 0 spiro atoms. The maximum Gasteiger partial charge on any atom is 0.307 e. The summed E-state index contributed by atoms with van der Waals surface area (Å²) in [5.41, 5.74) is 0.515. The van der Waals surface area contributed by atoms with Gasteiger partial charge in [0.25, 0.3) is 5.91 Å². The van der Waals surface area contributed by atoms with Crippen LogP contribution in [-0.2, 0) is 14.4 Å². The molecule has 7 heteroatoms. The molecule has 1 fully saturated rings. The zero-order valence-electron chi connectivity index (χ0n) is 13.1. The number of ether oxygens (including phenoxy) is 1. The number of carbonyl (C=O) groups is 3. The van der Waals surface area contributed by atoms with Crippen LogP contribution in [0.5, 0.6) is 5.75 Å². The van der Waals surface area contributed by atoms with Crippen LogP contribution in [0.15, 0.2) is 24.3 Å². The standard InChI is InChI=1S/C16H20N2O5/c1-18(2)14(19)9-23-11-5-3-4-10(8-11)17-15(20)12-6-7-13(12)16(21)22/h3-5,8,12-13H,6-7,9H2,1-2H3,(H,17,20)(H,21,22). The molecule has 1 aromatic carbocycles. The Morgan fingerprint density at radius 1 is 1.26 bits per heavy atom. The number of hydrogen-bond acceptors (Lipinski definition) is 4. The van der Waals surface area contributed by atoms with E-state index in [1.807, 2.05) is 0 Å². The van der Waals surface area contributed by atoms with Gasteiger partial charge in [0.05, 0.1) is 11.8 Å². The Bertz CT molecular complexity index is 614. The van der Waals surface area contributed by atoms with Gasteiger partial charge in [-0.3, -0.25) is 14.4 Å². The molecule has 2 rings (SSSR count). The number of carboxylic acids is 1. The van der Waals surface area contributed by atoms with E-state index < -0.39 is 17.8 Å². The van der Waals surface area contributed by atoms with Crippen LogP contribution in [0.4, 0.5) is 5.69 Å². The summed E-state index contributed by atoms with van der Waals surface area (Å²) in [4.78, 5) is 36.0. The summed E-state index contributed by atoms with van der Waals surface area (Å²) in [5, 5.41) is 11.7. The molecule has 23 heavy (non-hydrogen) atoms. The molecule has 0 radical (unpaired) electrons. The highest BCUT2D eigenvalue weighted by Crippen LogP contribution is 2.35. The fourth-order valence-corrected chi connectivity index (χ4v) is 2.28. The summed E-state index contributed by atoms with van der Waals surface area (Å²) >= 11 is 0. The number of nitrogens with one attached hydrogen (secondary N) is 1. The number of hydrogen-bond donors (Lipinski definition) is 2. The highest BCUT2D eigenvalue weighted by atomic mass is 16.5. The molecule has 0 aromatic heterocycles. The van der Waals surface area contributed by atoms with Crippen LogP contribution in [0.1, 0.15) is 12.8 Å². The van der Waals surface area contributed by atoms with Crippen molar-refractivity contribution in [3.05, 3.63) is 24.3 Å². The quantitative estimate of drug-likeness (QED) is 0.821. The highest BCUT2D eigenvalue weighted by Gasteiger charge is 2.41. The van der Waals surface area contributed by atoms with Crippen molar-refractivity contribution in [2.45, 2.75) is 12.8 Å². The van der Waals surface area contributed by atoms with Crippen LogP contribution >= 0.6 is 0 Å². The lowest BCUT2D eigenvalue weighted by Crippen LogP contribution is -2.41. The van der Waals surface area contributed by atoms with Crippen molar-refractivity contribution < 1.29 is 24.2 Å². The van der Waals surface area contributed by atoms with Gasteiger partial charge in [-0.25, -0.2) is 0 Å². The summed E-state index contributed by atoms with van der Waals surface area (Å²) in [6.45, 7) is -0.0892. The van der Waals surface area contributed by atoms with Gasteiger partial charge in [-0.1, -0.05) is 6.07 Å². The minimum atomic E-state index is -0.935. The predicted octanol–water partition coefficient (Wildman–Crippen LogP) is 1.20. The molecule has 2 unspecified atom stereocenters. The van der Waals surface area contributed by atoms with E-state index in [-0.39, 0.29) is 18.4 Å². The van der Waals surface area contributed by atoms with Gasteiger partial charge >= 0.3 is 5.97 Å². The molecule has 1 aromatic rings. The van der Waals surface area contributed by atoms with E-state index in [2.05, 4.69) is 5.32 Å². The van der Waals surface area contributed by atoms with Crippen LogP contribution in [0.25, 0.3) is 0 Å². The van der Waals surface area contributed by atoms with E-state index >= 15 is 0 Å². The maximum atomic E-state index is 12.1. The number of rotatable bonds is 6. The van der Waals surface area contributed by atoms with Crippen molar-refractivity contribution >= 4 is 23.5 Å². The molecule has 0 heterocycles. The minimum absolute atomic E-state index is 0.0892. The maximum absolute atomic E-state index is 12.1. The number of aliphatic carboxylic acids is 1. The summed E-state index contributed by atoms with van der Waals surface area (Å²) in [6.07, 6.45) is 1.11. The van der Waals surface area contributed by atoms with Crippen molar-refractivity contribution in [1.82, 2.24) is 4.90 Å². The van der Waals surface area contributed by atoms with Crippen LogP contribution in [0, 0.1) is 11.8 Å². The fraction of sp³-hybridized carbons (Fsp3) is 0.438. The first-order valence-corrected chi connectivity index (χ1v) is 7.35. The molecular formula is C16H20N2O5. The van der Waals surface area contributed by atoms with Gasteiger partial charge in [-0.2, -0.15) is 0 Å². The molecular weight excluding hydrogens is 300 g/mol. The van der Waals surface area contributed by atoms with E-state index in [9.17, 15) is 14.4 Å². The number of benzene rings is 1. The number of carboxylic acid groups (broad SMARTS) is 1. The van der Waals surface area contributed by atoms with Crippen LogP contribution in [0.2, 0.25) is 0 Å². The summed E-state index contributed by atoms with van der Waals surface area (Å²) in [5.74, 6) is -2.04. The van der Waals surface area contributed by atoms with Crippen LogP contribution < -0.4 is 10.1 Å². The minimum Gasteiger partial charge on any atom is -0.484 e. The number of carbonyl (C=O) groups excluding carboxylic acids is 2. The lowest BCUT2D eigenvalue weighted by Gasteiger charge is -2.31. The third kappa shape index (κ3) is 4.21. The predicted molar refractivity (Wildman–Crippen MR) is 83.1 cm³/mol. The smallest absolute Gasteiger partial charge is 0.307 e. The molecule has 2 atom stereocenters. The molecule has 2 N–H and O–H groups in total. The lowest BCUT2D eigenvalue weighted by atomic mass is 9.73. The summed E-state index contributed by atoms with van der Waals surface area (Å²) in [6, 6.07) is 6.67. The molecule has 2 amide bonds. The Morgan fingerprint density at radius 3 is 2.52 bits per heavy atom. The largest absolute Gasteiger partial charge is 0.484 e. The van der Waals surface area contributed by atoms with E-state index in [0.717, 1.165) is 0 Å². The average molecular weight is 320 g/mol. The highest BCUT2D eigenvalue weighted by molar-refractivity contribution is 5.96. The van der Waals surface area contributed by atoms with Gasteiger partial charge in [0.1, 0.15) is 5.75 Å². The zero-order chi connectivity index (χ0) is 17.0. The van der Waals surface area contributed by atoms with Crippen LogP contribution in [0.3, 0.4) is 0 Å². The fourth-order valence-electron chi connectivity index (χ4n) is 2.28. The first-order chi connectivity index (χ1) is 10.9. The van der Waals surface area contributed by atoms with Gasteiger partial charge < -0.3 is 20.1 Å². The molecule has 0 bridgehead atoms. The molecule has 7 nitrogen and oxygen atoms in total. The monoisotopic (exact) mass is 320 g/mol. The second-order valence-electron chi connectivity index (χ2n) is 5.72. The van der Waals surface area contributed by atoms with Crippen molar-refractivity contribution in [1.29, 1.82) is 0 Å². The van der Waals surface area contributed by atoms with Gasteiger partial charge in [0.2, 0.25) is 5.91 Å². The van der Waals surface area contributed by atoms with Crippen molar-refractivity contribution in [2.24, 2.45) is 11.8 Å². The SMILES string of the molecule is CN(C)C(=O)COc1cccc(NC(=O)C2CCC2C(=O)O)c1. The Hall–Kier alpha value is -2.57. The molecule has 0 saturated heterocycles. The Labute approximate surface area is 134 Å². The Morgan fingerprint density at radius 2 is 1.96 bits per heavy atom. The number of nitrogens with zero attached hydrogens (tertiary/aromatic N) is 1. The van der Waals surface area contributed by atoms with E-state index in [1.54, 1.807) is 38.4 Å². The first-order valence-electron chi connectivity index (χ1n) is 7.35. The Kier molecular flexibility index (Phi) is 5.20. The topological polar surface area (TPSA) is 95.9 Å². The van der Waals surface area contributed by atoms with Crippen LogP contribution in [-0.4, -0.2) is 48.5 Å². The second-order valence-corrected chi connectivity index (χ2v) is 5.72. The number of amides is 2. The number of likely N-dealkylation sites (N-methyl/N-ethyl adjacent to an activating group) is 1. The molecule has 1 aliphatic carbocycles. The van der Waals surface area contributed by atoms with Gasteiger partial charge in [-0.05, 0) is 25.0 Å². The van der Waals surface area contributed by atoms with E-state index in [1.165, 1.54) is 4.90 Å². The van der Waals surface area contributed by atoms with E-state index in [0.29, 0.717) is 24.3 Å². The Balaban J connectivity index is 1.93. The zero-order valence-corrected chi connectivity index (χ0v) is 13.1. The summed E-state index contributed by atoms with van der Waals surface area (Å²) in [7, 11) is 3.28. The van der Waals surface area contributed by atoms with Crippen molar-refractivity contribution in [3.63, 3.8) is 0 Å². The number of anilines is 1.